The number of nitrogens with zero attached hydrogens (tertiary/aromatic N) is 1. The Bertz CT molecular complexity index is 432. The van der Waals surface area contributed by atoms with E-state index in [0.717, 1.165) is 7.70 Å². The Morgan fingerprint density at radius 2 is 1.95 bits per heavy atom. The van der Waals surface area contributed by atoms with Crippen LogP contribution in [-0.2, 0) is 4.43 Å². The monoisotopic (exact) mass is 429 g/mol. The van der Waals surface area contributed by atoms with Crippen LogP contribution >= 0.6 is 43.2 Å². The highest BCUT2D eigenvalue weighted by Gasteiger charge is 2.37. The summed E-state index contributed by atoms with van der Waals surface area (Å²) in [5.41, 5.74) is 0.690. The Hall–Kier alpha value is 0.727. The summed E-state index contributed by atoms with van der Waals surface area (Å²) in [6, 6.07) is 0. The third-order valence-electron chi connectivity index (χ3n) is 3.56. The number of hydrogen-bond acceptors (Lipinski definition) is 4. The zero-order chi connectivity index (χ0) is 14.8. The normalized spacial score (nSPS) is 14.7. The Labute approximate surface area is 137 Å². The van der Waals surface area contributed by atoms with Crippen molar-refractivity contribution in [1.82, 2.24) is 4.98 Å². The van der Waals surface area contributed by atoms with E-state index in [1.807, 2.05) is 0 Å². The van der Waals surface area contributed by atoms with Crippen molar-refractivity contribution in [3.63, 3.8) is 0 Å². The molecule has 0 aliphatic heterocycles. The van der Waals surface area contributed by atoms with E-state index >= 15 is 0 Å². The van der Waals surface area contributed by atoms with Crippen molar-refractivity contribution >= 4 is 51.5 Å². The predicted molar refractivity (Wildman–Crippen MR) is 90.2 cm³/mol. The summed E-state index contributed by atoms with van der Waals surface area (Å²) in [7, 11) is -1.73. The van der Waals surface area contributed by atoms with Gasteiger partial charge in [0.1, 0.15) is 6.10 Å². The fraction of sp³-hybridized carbons (Fsp3) is 0.750. The lowest BCUT2D eigenvalue weighted by molar-refractivity contribution is 0.132. The van der Waals surface area contributed by atoms with Gasteiger partial charge in [-0.1, -0.05) is 32.1 Å². The van der Waals surface area contributed by atoms with Gasteiger partial charge >= 0.3 is 0 Å². The number of halogens is 2. The van der Waals surface area contributed by atoms with E-state index in [9.17, 15) is 5.11 Å². The molecule has 1 aromatic rings. The number of hydrogen-bond donors (Lipinski definition) is 1. The van der Waals surface area contributed by atoms with Crippen molar-refractivity contribution in [2.75, 3.05) is 6.61 Å². The molecule has 0 amide bonds. The van der Waals surface area contributed by atoms with Gasteiger partial charge in [-0.2, -0.15) is 0 Å². The first-order chi connectivity index (χ1) is 8.54. The molecule has 0 spiro atoms. The predicted octanol–water partition coefficient (Wildman–Crippen LogP) is 5.11. The van der Waals surface area contributed by atoms with E-state index < -0.39 is 14.4 Å². The number of aliphatic hydroxyl groups excluding tert-OH is 1. The first-order valence-corrected chi connectivity index (χ1v) is 11.5. The first-order valence-electron chi connectivity index (χ1n) is 6.18. The molecule has 1 unspecified atom stereocenters. The maximum atomic E-state index is 10.1. The van der Waals surface area contributed by atoms with Crippen LogP contribution in [0.3, 0.4) is 0 Å². The first kappa shape index (κ1) is 17.8. The summed E-state index contributed by atoms with van der Waals surface area (Å²) in [5, 5.41) is 10.3. The minimum Gasteiger partial charge on any atom is -0.417 e. The van der Waals surface area contributed by atoms with E-state index in [0.29, 0.717) is 18.7 Å². The van der Waals surface area contributed by atoms with E-state index in [1.54, 1.807) is 0 Å². The molecule has 0 aliphatic carbocycles. The molecule has 19 heavy (non-hydrogen) atoms. The molecule has 0 saturated heterocycles. The second kappa shape index (κ2) is 6.66. The Morgan fingerprint density at radius 3 is 2.37 bits per heavy atom. The van der Waals surface area contributed by atoms with Crippen molar-refractivity contribution in [3.05, 3.63) is 13.4 Å². The molecule has 1 heterocycles. The molecule has 3 nitrogen and oxygen atoms in total. The summed E-state index contributed by atoms with van der Waals surface area (Å²) >= 11 is 8.20. The molecule has 1 atom stereocenters. The second-order valence-electron chi connectivity index (χ2n) is 6.04. The highest BCUT2D eigenvalue weighted by atomic mass is 79.9. The van der Waals surface area contributed by atoms with Crippen molar-refractivity contribution < 1.29 is 9.53 Å². The number of aliphatic hydroxyl groups is 1. The fourth-order valence-electron chi connectivity index (χ4n) is 1.27. The molecule has 110 valence electrons. The number of thiazole rings is 1. The van der Waals surface area contributed by atoms with Gasteiger partial charge in [0.25, 0.3) is 0 Å². The van der Waals surface area contributed by atoms with Crippen LogP contribution in [0, 0.1) is 0 Å². The topological polar surface area (TPSA) is 42.4 Å². The maximum Gasteiger partial charge on any atom is 0.191 e. The summed E-state index contributed by atoms with van der Waals surface area (Å²) in [4.78, 5) is 4.27. The lowest BCUT2D eigenvalue weighted by Crippen LogP contribution is -2.41. The van der Waals surface area contributed by atoms with Gasteiger partial charge in [-0.05, 0) is 50.0 Å². The minimum atomic E-state index is -1.73. The summed E-state index contributed by atoms with van der Waals surface area (Å²) < 4.78 is 7.71. The van der Waals surface area contributed by atoms with Gasteiger partial charge < -0.3 is 9.53 Å². The summed E-state index contributed by atoms with van der Waals surface area (Å²) in [5.74, 6) is 0. The molecule has 1 rings (SSSR count). The molecule has 0 aromatic carbocycles. The van der Waals surface area contributed by atoms with Crippen LogP contribution in [0.25, 0.3) is 0 Å². The summed E-state index contributed by atoms with van der Waals surface area (Å²) in [6.45, 7) is 11.6. The van der Waals surface area contributed by atoms with Gasteiger partial charge in [0.05, 0.1) is 9.48 Å². The van der Waals surface area contributed by atoms with Crippen LogP contribution < -0.4 is 0 Å². The number of rotatable bonds is 5. The van der Waals surface area contributed by atoms with Crippen LogP contribution in [0.15, 0.2) is 7.70 Å². The van der Waals surface area contributed by atoms with Gasteiger partial charge in [-0.3, -0.25) is 0 Å². The molecular weight excluding hydrogens is 410 g/mol. The second-order valence-corrected chi connectivity index (χ2v) is 14.4. The van der Waals surface area contributed by atoms with Crippen LogP contribution in [0.4, 0.5) is 0 Å². The van der Waals surface area contributed by atoms with Gasteiger partial charge in [-0.25, -0.2) is 4.98 Å². The van der Waals surface area contributed by atoms with E-state index in [4.69, 9.17) is 4.43 Å². The van der Waals surface area contributed by atoms with Crippen LogP contribution in [0.5, 0.6) is 0 Å². The maximum absolute atomic E-state index is 10.1. The molecular formula is C12H21Br2NO2SSi. The van der Waals surface area contributed by atoms with Gasteiger partial charge in [0.15, 0.2) is 12.2 Å². The molecule has 1 aromatic heterocycles. The average Bonchev–Trinajstić information content (AvgIpc) is 2.55. The standard InChI is InChI=1S/C12H21Br2NO2SSi/c1-12(2,3)19(4,5)17-7-6-8(16)9-10(13)18-11(14)15-9/h8,16H,6-7H2,1-5H3. The van der Waals surface area contributed by atoms with E-state index in [1.165, 1.54) is 11.3 Å². The molecule has 0 bridgehead atoms. The minimum absolute atomic E-state index is 0.197. The highest BCUT2D eigenvalue weighted by molar-refractivity contribution is 9.12. The third-order valence-corrected chi connectivity index (χ3v) is 10.3. The smallest absolute Gasteiger partial charge is 0.191 e. The zero-order valence-corrected chi connectivity index (χ0v) is 16.9. The Morgan fingerprint density at radius 1 is 1.37 bits per heavy atom. The zero-order valence-electron chi connectivity index (χ0n) is 12.0. The molecule has 7 heteroatoms. The molecule has 0 saturated carbocycles. The van der Waals surface area contributed by atoms with Gasteiger partial charge in [-0.15, -0.1) is 0 Å². The van der Waals surface area contributed by atoms with Crippen LogP contribution in [0.1, 0.15) is 39.0 Å². The van der Waals surface area contributed by atoms with Crippen molar-refractivity contribution in [1.29, 1.82) is 0 Å². The average molecular weight is 431 g/mol. The lowest BCUT2D eigenvalue weighted by Gasteiger charge is -2.36. The molecule has 0 aliphatic rings. The molecule has 1 N–H and O–H groups in total. The molecule has 0 radical (unpaired) electrons. The van der Waals surface area contributed by atoms with Gasteiger partial charge in [0, 0.05) is 13.0 Å². The Kier molecular flexibility index (Phi) is 6.23. The quantitative estimate of drug-likeness (QED) is 0.659. The van der Waals surface area contributed by atoms with E-state index in [2.05, 4.69) is 70.7 Å². The largest absolute Gasteiger partial charge is 0.417 e. The van der Waals surface area contributed by atoms with Crippen molar-refractivity contribution in [3.8, 4) is 0 Å². The third kappa shape index (κ3) is 4.89. The van der Waals surface area contributed by atoms with Crippen molar-refractivity contribution in [2.24, 2.45) is 0 Å². The SMILES string of the molecule is CC(C)(C)[Si](C)(C)OCCC(O)c1nc(Br)sc1Br. The van der Waals surface area contributed by atoms with Crippen LogP contribution in [0.2, 0.25) is 18.1 Å². The van der Waals surface area contributed by atoms with Crippen LogP contribution in [-0.4, -0.2) is 25.0 Å². The Balaban J connectivity index is 2.52. The number of aromatic nitrogens is 1. The summed E-state index contributed by atoms with van der Waals surface area (Å²) in [6.07, 6.45) is -0.0110. The van der Waals surface area contributed by atoms with E-state index in [-0.39, 0.29) is 5.04 Å². The molecule has 0 fully saturated rings. The fourth-order valence-corrected chi connectivity index (χ4v) is 5.05. The van der Waals surface area contributed by atoms with Gasteiger partial charge in [0.2, 0.25) is 0 Å². The highest BCUT2D eigenvalue weighted by Crippen LogP contribution is 2.37. The lowest BCUT2D eigenvalue weighted by atomic mass is 10.2. The van der Waals surface area contributed by atoms with Crippen molar-refractivity contribution in [2.45, 2.75) is 51.4 Å².